The summed E-state index contributed by atoms with van der Waals surface area (Å²) in [6, 6.07) is 19.0. The van der Waals surface area contributed by atoms with Gasteiger partial charge in [0.15, 0.2) is 5.78 Å². The van der Waals surface area contributed by atoms with E-state index < -0.39 is 11.7 Å². The number of benzene rings is 3. The molecule has 0 aliphatic carbocycles. The average molecular weight is 595 g/mol. The van der Waals surface area contributed by atoms with E-state index in [9.17, 15) is 20.0 Å². The lowest BCUT2D eigenvalue weighted by atomic mass is 9.94. The maximum atomic E-state index is 12.9. The molecule has 5 rings (SSSR count). The molecule has 2 aromatic heterocycles. The van der Waals surface area contributed by atoms with Gasteiger partial charge in [-0.2, -0.15) is 5.26 Å². The molecule has 1 unspecified atom stereocenters. The molecule has 2 heterocycles. The van der Waals surface area contributed by atoms with Crippen molar-refractivity contribution in [3.8, 4) is 22.8 Å². The third-order valence-electron chi connectivity index (χ3n) is 5.73. The maximum Gasteiger partial charge on any atom is 0.279 e. The van der Waals surface area contributed by atoms with E-state index in [1.54, 1.807) is 30.3 Å². The Morgan fingerprint density at radius 1 is 1.16 bits per heavy atom. The summed E-state index contributed by atoms with van der Waals surface area (Å²) in [6.07, 6.45) is -0.443. The third kappa shape index (κ3) is 5.52. The van der Waals surface area contributed by atoms with E-state index in [0.29, 0.717) is 27.0 Å². The first-order chi connectivity index (χ1) is 17.8. The number of ketones is 2. The topological polar surface area (TPSA) is 116 Å². The van der Waals surface area contributed by atoms with Crippen molar-refractivity contribution in [2.24, 2.45) is 5.92 Å². The molecular weight excluding hydrogens is 578 g/mol. The van der Waals surface area contributed by atoms with Gasteiger partial charge in [-0.1, -0.05) is 38.9 Å². The number of hydrogen-bond donors (Lipinski definition) is 2. The Morgan fingerprint density at radius 3 is 2.81 bits per heavy atom. The SMILES string of the molecule is N#CC(CC(=O)Cc1cc(Oc2nc3cc(Cl)ccc3s2)ccc1O)C(=O)c1cc2cc(Br)ccc2[nH]1. The highest BCUT2D eigenvalue weighted by atomic mass is 79.9. The van der Waals surface area contributed by atoms with E-state index in [-0.39, 0.29) is 30.1 Å². The van der Waals surface area contributed by atoms with Crippen LogP contribution in [-0.4, -0.2) is 26.6 Å². The van der Waals surface area contributed by atoms with Crippen LogP contribution in [0.1, 0.15) is 22.5 Å². The van der Waals surface area contributed by atoms with Crippen molar-refractivity contribution in [1.29, 1.82) is 5.26 Å². The zero-order chi connectivity index (χ0) is 26.1. The monoisotopic (exact) mass is 593 g/mol. The minimum absolute atomic E-state index is 0.0854. The van der Waals surface area contributed by atoms with Crippen LogP contribution in [0.4, 0.5) is 0 Å². The summed E-state index contributed by atoms with van der Waals surface area (Å²) in [5.41, 5.74) is 2.05. The number of nitriles is 1. The molecule has 7 nitrogen and oxygen atoms in total. The smallest absolute Gasteiger partial charge is 0.279 e. The number of halogens is 2. The molecule has 3 aromatic carbocycles. The zero-order valence-corrected chi connectivity index (χ0v) is 22.2. The molecule has 5 aromatic rings. The van der Waals surface area contributed by atoms with Crippen LogP contribution in [0.2, 0.25) is 5.02 Å². The third-order valence-corrected chi connectivity index (χ3v) is 7.37. The van der Waals surface area contributed by atoms with Gasteiger partial charge in [0.2, 0.25) is 0 Å². The van der Waals surface area contributed by atoms with E-state index in [0.717, 1.165) is 20.1 Å². The lowest BCUT2D eigenvalue weighted by Crippen LogP contribution is -2.18. The Morgan fingerprint density at radius 2 is 2.00 bits per heavy atom. The minimum atomic E-state index is -1.15. The molecule has 0 radical (unpaired) electrons. The molecule has 0 spiro atoms. The predicted octanol–water partition coefficient (Wildman–Crippen LogP) is 7.22. The Balaban J connectivity index is 1.28. The summed E-state index contributed by atoms with van der Waals surface area (Å²) in [7, 11) is 0. The number of nitrogens with zero attached hydrogens (tertiary/aromatic N) is 2. The highest BCUT2D eigenvalue weighted by Gasteiger charge is 2.25. The molecule has 0 aliphatic rings. The summed E-state index contributed by atoms with van der Waals surface area (Å²) in [6.45, 7) is 0. The Kier molecular flexibility index (Phi) is 6.98. The van der Waals surface area contributed by atoms with E-state index in [2.05, 4.69) is 25.9 Å². The number of phenols is 1. The number of thiazole rings is 1. The summed E-state index contributed by atoms with van der Waals surface area (Å²) >= 11 is 10.8. The molecule has 0 saturated carbocycles. The van der Waals surface area contributed by atoms with Gasteiger partial charge in [0, 0.05) is 38.8 Å². The molecule has 37 heavy (non-hydrogen) atoms. The number of aromatic nitrogens is 2. The molecule has 1 atom stereocenters. The van der Waals surface area contributed by atoms with Crippen molar-refractivity contribution in [3.63, 3.8) is 0 Å². The molecule has 0 aliphatic heterocycles. The summed E-state index contributed by atoms with van der Waals surface area (Å²) in [4.78, 5) is 33.2. The van der Waals surface area contributed by atoms with Gasteiger partial charge in [0.25, 0.3) is 5.19 Å². The van der Waals surface area contributed by atoms with Crippen LogP contribution in [0.25, 0.3) is 21.1 Å². The van der Waals surface area contributed by atoms with Crippen molar-refractivity contribution in [2.45, 2.75) is 12.8 Å². The number of phenolic OH excluding ortho intramolecular Hbond substituents is 1. The molecule has 184 valence electrons. The highest BCUT2D eigenvalue weighted by molar-refractivity contribution is 9.10. The van der Waals surface area contributed by atoms with Gasteiger partial charge in [-0.05, 0) is 60.7 Å². The van der Waals surface area contributed by atoms with Crippen LogP contribution >= 0.6 is 38.9 Å². The van der Waals surface area contributed by atoms with Gasteiger partial charge in [0.05, 0.1) is 22.0 Å². The second-order valence-corrected chi connectivity index (χ2v) is 10.7. The number of nitrogens with one attached hydrogen (secondary N) is 1. The van der Waals surface area contributed by atoms with E-state index >= 15 is 0 Å². The van der Waals surface area contributed by atoms with Gasteiger partial charge in [-0.3, -0.25) is 9.59 Å². The number of aromatic hydroxyl groups is 1. The van der Waals surface area contributed by atoms with Gasteiger partial charge < -0.3 is 14.8 Å². The maximum absolute atomic E-state index is 12.9. The fraction of sp³-hybridized carbons (Fsp3) is 0.111. The standard InChI is InChI=1S/C27H17BrClN3O4S/c28-17-1-4-21-14(7-17)11-23(31-21)26(35)16(13-30)9-19(33)8-15-10-20(3-5-24(15)34)36-27-32-22-12-18(29)2-6-25(22)37-27/h1-7,10-12,16,31,34H,8-9H2. The lowest BCUT2D eigenvalue weighted by molar-refractivity contribution is -0.118. The minimum Gasteiger partial charge on any atom is -0.508 e. The van der Waals surface area contributed by atoms with Crippen LogP contribution in [0, 0.1) is 17.2 Å². The van der Waals surface area contributed by atoms with Crippen molar-refractivity contribution in [3.05, 3.63) is 81.4 Å². The van der Waals surface area contributed by atoms with Crippen LogP contribution < -0.4 is 4.74 Å². The predicted molar refractivity (Wildman–Crippen MR) is 146 cm³/mol. The second-order valence-electron chi connectivity index (χ2n) is 8.36. The first-order valence-corrected chi connectivity index (χ1v) is 13.1. The molecule has 0 bridgehead atoms. The zero-order valence-electron chi connectivity index (χ0n) is 19.0. The number of Topliss-reactive ketones (excluding diaryl/α,β-unsaturated/α-hetero) is 2. The molecular formula is C27H17BrClN3O4S. The molecule has 0 fully saturated rings. The van der Waals surface area contributed by atoms with Crippen molar-refractivity contribution >= 4 is 71.6 Å². The fourth-order valence-electron chi connectivity index (χ4n) is 3.92. The Bertz CT molecular complexity index is 1720. The summed E-state index contributed by atoms with van der Waals surface area (Å²) in [5.74, 6) is -1.66. The van der Waals surface area contributed by atoms with E-state index in [1.165, 1.54) is 17.4 Å². The summed E-state index contributed by atoms with van der Waals surface area (Å²) < 4.78 is 7.61. The molecule has 2 N–H and O–H groups in total. The van der Waals surface area contributed by atoms with Crippen LogP contribution in [0.15, 0.2) is 65.1 Å². The van der Waals surface area contributed by atoms with Crippen molar-refractivity contribution < 1.29 is 19.4 Å². The second kappa shape index (κ2) is 10.3. The van der Waals surface area contributed by atoms with Gasteiger partial charge in [0.1, 0.15) is 23.2 Å². The first-order valence-electron chi connectivity index (χ1n) is 11.1. The molecule has 0 saturated heterocycles. The quantitative estimate of drug-likeness (QED) is 0.183. The number of aromatic amines is 1. The number of ether oxygens (including phenoxy) is 1. The normalized spacial score (nSPS) is 11.9. The van der Waals surface area contributed by atoms with Gasteiger partial charge in [-0.15, -0.1) is 0 Å². The van der Waals surface area contributed by atoms with Crippen LogP contribution in [0.3, 0.4) is 0 Å². The Labute approximate surface area is 228 Å². The van der Waals surface area contributed by atoms with Crippen LogP contribution in [0.5, 0.6) is 16.7 Å². The fourth-order valence-corrected chi connectivity index (χ4v) is 5.28. The van der Waals surface area contributed by atoms with Crippen molar-refractivity contribution in [2.75, 3.05) is 0 Å². The lowest BCUT2D eigenvalue weighted by Gasteiger charge is -2.09. The largest absolute Gasteiger partial charge is 0.508 e. The van der Waals surface area contributed by atoms with E-state index in [4.69, 9.17) is 16.3 Å². The Hall–Kier alpha value is -3.71. The van der Waals surface area contributed by atoms with E-state index in [1.807, 2.05) is 30.3 Å². The number of carbonyl (C=O) groups is 2. The first kappa shape index (κ1) is 25.0. The van der Waals surface area contributed by atoms with Crippen molar-refractivity contribution in [1.82, 2.24) is 9.97 Å². The highest BCUT2D eigenvalue weighted by Crippen LogP contribution is 2.34. The number of hydrogen-bond acceptors (Lipinski definition) is 7. The van der Waals surface area contributed by atoms with Gasteiger partial charge in [-0.25, -0.2) is 4.98 Å². The molecule has 0 amide bonds. The number of H-pyrrole nitrogens is 1. The van der Waals surface area contributed by atoms with Crippen LogP contribution in [-0.2, 0) is 11.2 Å². The summed E-state index contributed by atoms with van der Waals surface area (Å²) in [5, 5.41) is 21.7. The van der Waals surface area contributed by atoms with Gasteiger partial charge >= 0.3 is 0 Å². The average Bonchev–Trinajstić information content (AvgIpc) is 3.47. The number of rotatable bonds is 8. The molecule has 10 heteroatoms. The number of carbonyl (C=O) groups excluding carboxylic acids is 2. The number of fused-ring (bicyclic) bond motifs is 2.